The van der Waals surface area contributed by atoms with Crippen LogP contribution in [0, 0.1) is 0 Å². The quantitative estimate of drug-likeness (QED) is 0.280. The first-order valence-corrected chi connectivity index (χ1v) is 11.6. The normalized spacial score (nSPS) is 11.4. The highest BCUT2D eigenvalue weighted by Crippen LogP contribution is 2.31. The zero-order valence-corrected chi connectivity index (χ0v) is 19.4. The second kappa shape index (κ2) is 10.4. The molecule has 0 atom stereocenters. The minimum absolute atomic E-state index is 0.0658. The van der Waals surface area contributed by atoms with Gasteiger partial charge < -0.3 is 10.1 Å². The average molecular weight is 472 g/mol. The van der Waals surface area contributed by atoms with Crippen LogP contribution < -0.4 is 10.1 Å². The molecule has 1 N–H and O–H groups in total. The molecule has 0 saturated heterocycles. The molecule has 2 rings (SSSR count). The molecule has 1 aromatic heterocycles. The number of rotatable bonds is 9. The fraction of sp³-hybridized carbons (Fsp3) is 0.526. The molecule has 8 heteroatoms. The van der Waals surface area contributed by atoms with Crippen molar-refractivity contribution in [3.8, 4) is 5.75 Å². The molecule has 0 unspecified atom stereocenters. The van der Waals surface area contributed by atoms with Gasteiger partial charge in [0.15, 0.2) is 4.34 Å². The van der Waals surface area contributed by atoms with Crippen molar-refractivity contribution in [2.24, 2.45) is 0 Å². The first-order valence-electron chi connectivity index (χ1n) is 8.98. The predicted octanol–water partition coefficient (Wildman–Crippen LogP) is 5.90. The number of hydrogen-bond acceptors (Lipinski definition) is 6. The van der Waals surface area contributed by atoms with Crippen LogP contribution in [0.25, 0.3) is 0 Å². The molecule has 0 spiro atoms. The van der Waals surface area contributed by atoms with Gasteiger partial charge in [0.25, 0.3) is 0 Å². The van der Waals surface area contributed by atoms with E-state index in [1.165, 1.54) is 16.9 Å². The van der Waals surface area contributed by atoms with Crippen LogP contribution in [0.1, 0.15) is 52.5 Å². The van der Waals surface area contributed by atoms with E-state index in [0.717, 1.165) is 26.7 Å². The molecule has 0 bridgehead atoms. The van der Waals surface area contributed by atoms with Crippen LogP contribution in [0.5, 0.6) is 5.75 Å². The van der Waals surface area contributed by atoms with Gasteiger partial charge in [0.2, 0.25) is 11.0 Å². The summed E-state index contributed by atoms with van der Waals surface area (Å²) in [6, 6.07) is 6.14. The number of ether oxygens (including phenoxy) is 1. The Kier molecular flexibility index (Phi) is 8.57. The number of halogens is 1. The van der Waals surface area contributed by atoms with Gasteiger partial charge in [-0.05, 0) is 51.9 Å². The van der Waals surface area contributed by atoms with Gasteiger partial charge in [-0.2, -0.15) is 0 Å². The number of amides is 1. The Hall–Kier alpha value is -1.12. The van der Waals surface area contributed by atoms with E-state index in [1.807, 2.05) is 6.07 Å². The van der Waals surface area contributed by atoms with E-state index in [2.05, 4.69) is 71.3 Å². The molecule has 0 aliphatic heterocycles. The Morgan fingerprint density at radius 3 is 2.78 bits per heavy atom. The van der Waals surface area contributed by atoms with Crippen molar-refractivity contribution >= 4 is 50.1 Å². The number of nitrogens with zero attached hydrogens (tertiary/aromatic N) is 2. The molecular weight excluding hydrogens is 446 g/mol. The molecule has 0 saturated carbocycles. The summed E-state index contributed by atoms with van der Waals surface area (Å²) in [7, 11) is 0. The van der Waals surface area contributed by atoms with Crippen LogP contribution in [0.15, 0.2) is 27.0 Å². The molecule has 0 aliphatic rings. The van der Waals surface area contributed by atoms with Crippen molar-refractivity contribution in [2.75, 3.05) is 17.7 Å². The third-order valence-electron chi connectivity index (χ3n) is 3.69. The summed E-state index contributed by atoms with van der Waals surface area (Å²) in [5, 5.41) is 11.4. The monoisotopic (exact) mass is 471 g/mol. The maximum absolute atomic E-state index is 12.0. The van der Waals surface area contributed by atoms with E-state index < -0.39 is 0 Å². The first kappa shape index (κ1) is 22.2. The number of hydrogen-bond donors (Lipinski definition) is 1. The fourth-order valence-corrected chi connectivity index (χ4v) is 4.38. The maximum atomic E-state index is 12.0. The lowest BCUT2D eigenvalue weighted by Gasteiger charge is -2.20. The zero-order chi connectivity index (χ0) is 19.9. The summed E-state index contributed by atoms with van der Waals surface area (Å²) in [6.45, 7) is 9.14. The van der Waals surface area contributed by atoms with Crippen LogP contribution in [0.2, 0.25) is 0 Å². The molecule has 27 heavy (non-hydrogen) atoms. The largest absolute Gasteiger partial charge is 0.492 e. The van der Waals surface area contributed by atoms with Gasteiger partial charge in [0.1, 0.15) is 5.75 Å². The Labute approximate surface area is 177 Å². The van der Waals surface area contributed by atoms with Crippen molar-refractivity contribution in [1.82, 2.24) is 10.2 Å². The second-order valence-corrected chi connectivity index (χ2v) is 10.3. The minimum Gasteiger partial charge on any atom is -0.492 e. The van der Waals surface area contributed by atoms with Crippen molar-refractivity contribution in [2.45, 2.75) is 56.7 Å². The molecule has 0 fully saturated rings. The van der Waals surface area contributed by atoms with Gasteiger partial charge in [-0.25, -0.2) is 0 Å². The van der Waals surface area contributed by atoms with E-state index >= 15 is 0 Å². The lowest BCUT2D eigenvalue weighted by atomic mass is 9.87. The summed E-state index contributed by atoms with van der Waals surface area (Å²) in [5.41, 5.74) is 1.34. The lowest BCUT2D eigenvalue weighted by Crippen LogP contribution is -2.13. The van der Waals surface area contributed by atoms with Crippen LogP contribution in [0.3, 0.4) is 0 Å². The van der Waals surface area contributed by atoms with E-state index in [-0.39, 0.29) is 11.3 Å². The first-order chi connectivity index (χ1) is 12.8. The van der Waals surface area contributed by atoms with Gasteiger partial charge in [-0.3, -0.25) is 4.79 Å². The Balaban J connectivity index is 1.73. The van der Waals surface area contributed by atoms with Crippen molar-refractivity contribution in [3.05, 3.63) is 28.2 Å². The number of aromatic nitrogens is 2. The molecule has 1 heterocycles. The van der Waals surface area contributed by atoms with Crippen LogP contribution >= 0.6 is 39.0 Å². The standard InChI is InChI=1S/C19H26BrN3O2S2/c1-5-11-26-18-23-22-17(27-18)21-16(24)7-6-10-25-15-9-8-13(12-14(15)20)19(2,3)4/h8-9,12H,5-7,10-11H2,1-4H3,(H,21,22,24). The average Bonchev–Trinajstić information content (AvgIpc) is 3.04. The fourth-order valence-electron chi connectivity index (χ4n) is 2.19. The highest BCUT2D eigenvalue weighted by molar-refractivity contribution is 9.10. The number of nitrogens with one attached hydrogen (secondary N) is 1. The highest BCUT2D eigenvalue weighted by Gasteiger charge is 2.15. The Morgan fingerprint density at radius 2 is 2.11 bits per heavy atom. The Morgan fingerprint density at radius 1 is 1.33 bits per heavy atom. The summed E-state index contributed by atoms with van der Waals surface area (Å²) < 4.78 is 7.62. The topological polar surface area (TPSA) is 64.1 Å². The van der Waals surface area contributed by atoms with E-state index in [1.54, 1.807) is 11.8 Å². The van der Waals surface area contributed by atoms with E-state index in [4.69, 9.17) is 4.74 Å². The second-order valence-electron chi connectivity index (χ2n) is 7.12. The van der Waals surface area contributed by atoms with Gasteiger partial charge in [0.05, 0.1) is 11.1 Å². The summed E-state index contributed by atoms with van der Waals surface area (Å²) in [4.78, 5) is 12.0. The van der Waals surface area contributed by atoms with E-state index in [0.29, 0.717) is 24.6 Å². The molecule has 0 aliphatic carbocycles. The van der Waals surface area contributed by atoms with Crippen molar-refractivity contribution in [1.29, 1.82) is 0 Å². The Bertz CT molecular complexity index is 760. The van der Waals surface area contributed by atoms with Crippen LogP contribution in [-0.2, 0) is 10.2 Å². The lowest BCUT2D eigenvalue weighted by molar-refractivity contribution is -0.116. The number of carbonyl (C=O) groups is 1. The summed E-state index contributed by atoms with van der Waals surface area (Å²) >= 11 is 6.64. The number of anilines is 1. The van der Waals surface area contributed by atoms with Gasteiger partial charge in [-0.1, -0.05) is 56.9 Å². The minimum atomic E-state index is -0.0658. The molecule has 0 radical (unpaired) electrons. The van der Waals surface area contributed by atoms with Crippen molar-refractivity contribution in [3.63, 3.8) is 0 Å². The SMILES string of the molecule is CCCSc1nnc(NC(=O)CCCOc2ccc(C(C)(C)C)cc2Br)s1. The summed E-state index contributed by atoms with van der Waals surface area (Å²) in [5.74, 6) is 1.74. The van der Waals surface area contributed by atoms with Crippen LogP contribution in [-0.4, -0.2) is 28.5 Å². The molecule has 2 aromatic rings. The van der Waals surface area contributed by atoms with Gasteiger partial charge in [0, 0.05) is 12.2 Å². The highest BCUT2D eigenvalue weighted by atomic mass is 79.9. The third-order valence-corrected chi connectivity index (χ3v) is 6.48. The zero-order valence-electron chi connectivity index (χ0n) is 16.2. The van der Waals surface area contributed by atoms with E-state index in [9.17, 15) is 4.79 Å². The number of benzene rings is 1. The predicted molar refractivity (Wildman–Crippen MR) is 117 cm³/mol. The number of thioether (sulfide) groups is 1. The molecule has 148 valence electrons. The van der Waals surface area contributed by atoms with Gasteiger partial charge >= 0.3 is 0 Å². The smallest absolute Gasteiger partial charge is 0.226 e. The summed E-state index contributed by atoms with van der Waals surface area (Å²) in [6.07, 6.45) is 2.10. The van der Waals surface area contributed by atoms with Crippen molar-refractivity contribution < 1.29 is 9.53 Å². The van der Waals surface area contributed by atoms with Gasteiger partial charge in [-0.15, -0.1) is 10.2 Å². The van der Waals surface area contributed by atoms with Crippen LogP contribution in [0.4, 0.5) is 5.13 Å². The molecular formula is C19H26BrN3O2S2. The maximum Gasteiger partial charge on any atom is 0.226 e. The molecule has 1 aromatic carbocycles. The third kappa shape index (κ3) is 7.43. The molecule has 5 nitrogen and oxygen atoms in total. The number of carbonyl (C=O) groups excluding carboxylic acids is 1. The molecule has 1 amide bonds.